The van der Waals surface area contributed by atoms with Crippen molar-refractivity contribution in [1.29, 1.82) is 0 Å². The third-order valence-corrected chi connectivity index (χ3v) is 2.08. The SMILES string of the molecule is NC(=O)CC(N)c1ccc(F)c(Cl)c1. The van der Waals surface area contributed by atoms with E-state index in [-0.39, 0.29) is 11.4 Å². The number of carbonyl (C=O) groups is 1. The summed E-state index contributed by atoms with van der Waals surface area (Å²) in [6, 6.07) is 3.54. The van der Waals surface area contributed by atoms with Crippen molar-refractivity contribution >= 4 is 17.5 Å². The van der Waals surface area contributed by atoms with Crippen LogP contribution in [0.2, 0.25) is 5.02 Å². The molecule has 76 valence electrons. The second kappa shape index (κ2) is 4.39. The van der Waals surface area contributed by atoms with Gasteiger partial charge in [-0.15, -0.1) is 0 Å². The van der Waals surface area contributed by atoms with Crippen LogP contribution in [0.5, 0.6) is 0 Å². The second-order valence-corrected chi connectivity index (χ2v) is 3.36. The highest BCUT2D eigenvalue weighted by Crippen LogP contribution is 2.21. The summed E-state index contributed by atoms with van der Waals surface area (Å²) in [7, 11) is 0. The molecule has 3 nitrogen and oxygen atoms in total. The number of rotatable bonds is 3. The van der Waals surface area contributed by atoms with Crippen LogP contribution in [0.4, 0.5) is 4.39 Å². The number of benzene rings is 1. The van der Waals surface area contributed by atoms with Gasteiger partial charge in [0.15, 0.2) is 0 Å². The summed E-state index contributed by atoms with van der Waals surface area (Å²) in [6.45, 7) is 0. The molecule has 0 radical (unpaired) electrons. The maximum absolute atomic E-state index is 12.8. The predicted octanol–water partition coefficient (Wildman–Crippen LogP) is 1.35. The molecule has 0 spiro atoms. The van der Waals surface area contributed by atoms with E-state index in [1.54, 1.807) is 0 Å². The zero-order valence-corrected chi connectivity index (χ0v) is 8.09. The molecule has 0 saturated carbocycles. The molecule has 1 amide bonds. The molecule has 1 atom stereocenters. The molecule has 0 saturated heterocycles. The maximum atomic E-state index is 12.8. The first kappa shape index (κ1) is 10.9. The number of hydrogen-bond donors (Lipinski definition) is 2. The molecule has 0 aliphatic heterocycles. The van der Waals surface area contributed by atoms with Crippen LogP contribution in [-0.4, -0.2) is 5.91 Å². The smallest absolute Gasteiger partial charge is 0.219 e. The van der Waals surface area contributed by atoms with Crippen molar-refractivity contribution < 1.29 is 9.18 Å². The van der Waals surface area contributed by atoms with Gasteiger partial charge >= 0.3 is 0 Å². The van der Waals surface area contributed by atoms with Crippen LogP contribution in [0.25, 0.3) is 0 Å². The van der Waals surface area contributed by atoms with Crippen LogP contribution in [0.3, 0.4) is 0 Å². The molecular weight excluding hydrogens is 207 g/mol. The number of hydrogen-bond acceptors (Lipinski definition) is 2. The van der Waals surface area contributed by atoms with Crippen molar-refractivity contribution in [2.24, 2.45) is 11.5 Å². The first-order valence-corrected chi connectivity index (χ1v) is 4.37. The highest BCUT2D eigenvalue weighted by Gasteiger charge is 2.10. The summed E-state index contributed by atoms with van der Waals surface area (Å²) in [5.74, 6) is -1.01. The maximum Gasteiger partial charge on any atom is 0.219 e. The lowest BCUT2D eigenvalue weighted by Crippen LogP contribution is -2.20. The van der Waals surface area contributed by atoms with Gasteiger partial charge in [-0.25, -0.2) is 4.39 Å². The number of carbonyl (C=O) groups excluding carboxylic acids is 1. The Balaban J connectivity index is 2.85. The minimum Gasteiger partial charge on any atom is -0.370 e. The summed E-state index contributed by atoms with van der Waals surface area (Å²) in [4.78, 5) is 10.6. The van der Waals surface area contributed by atoms with Crippen molar-refractivity contribution in [2.75, 3.05) is 0 Å². The van der Waals surface area contributed by atoms with E-state index < -0.39 is 17.8 Å². The summed E-state index contributed by atoms with van der Waals surface area (Å²) >= 11 is 5.55. The lowest BCUT2D eigenvalue weighted by Gasteiger charge is -2.09. The molecule has 4 N–H and O–H groups in total. The third-order valence-electron chi connectivity index (χ3n) is 1.79. The number of primary amides is 1. The van der Waals surface area contributed by atoms with Gasteiger partial charge < -0.3 is 11.5 Å². The fourth-order valence-electron chi connectivity index (χ4n) is 1.08. The average molecular weight is 217 g/mol. The minimum absolute atomic E-state index is 0.0116. The van der Waals surface area contributed by atoms with Gasteiger partial charge in [-0.1, -0.05) is 17.7 Å². The zero-order chi connectivity index (χ0) is 10.7. The molecule has 0 aromatic heterocycles. The molecule has 0 aliphatic rings. The summed E-state index contributed by atoms with van der Waals surface area (Å²) in [6.07, 6.45) is 0.0158. The van der Waals surface area contributed by atoms with Crippen LogP contribution in [0, 0.1) is 5.82 Å². The predicted molar refractivity (Wildman–Crippen MR) is 52.1 cm³/mol. The fraction of sp³-hybridized carbons (Fsp3) is 0.222. The summed E-state index contributed by atoms with van der Waals surface area (Å²) in [5, 5.41) is -0.0116. The Morgan fingerprint density at radius 2 is 2.21 bits per heavy atom. The van der Waals surface area contributed by atoms with Crippen LogP contribution in [0.15, 0.2) is 18.2 Å². The highest BCUT2D eigenvalue weighted by molar-refractivity contribution is 6.30. The van der Waals surface area contributed by atoms with Crippen molar-refractivity contribution in [2.45, 2.75) is 12.5 Å². The Morgan fingerprint density at radius 1 is 1.57 bits per heavy atom. The number of halogens is 2. The number of nitrogens with two attached hydrogens (primary N) is 2. The van der Waals surface area contributed by atoms with Gasteiger partial charge in [0.25, 0.3) is 0 Å². The Morgan fingerprint density at radius 3 is 2.71 bits per heavy atom. The van der Waals surface area contributed by atoms with Crippen molar-refractivity contribution in [3.8, 4) is 0 Å². The fourth-order valence-corrected chi connectivity index (χ4v) is 1.27. The average Bonchev–Trinajstić information content (AvgIpc) is 2.08. The molecule has 1 aromatic carbocycles. The van der Waals surface area contributed by atoms with Gasteiger partial charge in [-0.3, -0.25) is 4.79 Å². The first-order chi connectivity index (χ1) is 6.50. The number of amides is 1. The Labute approximate surface area is 85.8 Å². The van der Waals surface area contributed by atoms with Gasteiger partial charge in [0, 0.05) is 12.5 Å². The molecule has 0 fully saturated rings. The Kier molecular flexibility index (Phi) is 3.43. The van der Waals surface area contributed by atoms with E-state index in [0.717, 1.165) is 0 Å². The summed E-state index contributed by atoms with van der Waals surface area (Å²) < 4.78 is 12.8. The van der Waals surface area contributed by atoms with E-state index in [1.807, 2.05) is 0 Å². The Bertz CT molecular complexity index is 357. The highest BCUT2D eigenvalue weighted by atomic mass is 35.5. The topological polar surface area (TPSA) is 69.1 Å². The lowest BCUT2D eigenvalue weighted by atomic mass is 10.0. The van der Waals surface area contributed by atoms with Gasteiger partial charge in [0.05, 0.1) is 5.02 Å². The zero-order valence-electron chi connectivity index (χ0n) is 7.34. The van der Waals surface area contributed by atoms with Gasteiger partial charge in [0.2, 0.25) is 5.91 Å². The van der Waals surface area contributed by atoms with Gasteiger partial charge in [0.1, 0.15) is 5.82 Å². The van der Waals surface area contributed by atoms with Crippen LogP contribution < -0.4 is 11.5 Å². The normalized spacial score (nSPS) is 12.5. The van der Waals surface area contributed by atoms with Crippen molar-refractivity contribution in [3.05, 3.63) is 34.6 Å². The molecule has 1 rings (SSSR count). The second-order valence-electron chi connectivity index (χ2n) is 2.95. The molecule has 0 bridgehead atoms. The molecular formula is C9H10ClFN2O. The van der Waals surface area contributed by atoms with E-state index in [2.05, 4.69) is 0 Å². The Hall–Kier alpha value is -1.13. The van der Waals surface area contributed by atoms with E-state index >= 15 is 0 Å². The lowest BCUT2D eigenvalue weighted by molar-refractivity contribution is -0.118. The van der Waals surface area contributed by atoms with Crippen molar-refractivity contribution in [3.63, 3.8) is 0 Å². The van der Waals surface area contributed by atoms with Crippen molar-refractivity contribution in [1.82, 2.24) is 0 Å². The molecule has 5 heteroatoms. The molecule has 14 heavy (non-hydrogen) atoms. The van der Waals surface area contributed by atoms with E-state index in [1.165, 1.54) is 18.2 Å². The van der Waals surface area contributed by atoms with E-state index in [0.29, 0.717) is 5.56 Å². The van der Waals surface area contributed by atoms with Crippen LogP contribution >= 0.6 is 11.6 Å². The summed E-state index contributed by atoms with van der Waals surface area (Å²) in [5.41, 5.74) is 11.2. The standard InChI is InChI=1S/C9H10ClFN2O/c10-6-3-5(1-2-7(6)11)8(12)4-9(13)14/h1-3,8H,4,12H2,(H2,13,14). The monoisotopic (exact) mass is 216 g/mol. The molecule has 1 unspecified atom stereocenters. The van der Waals surface area contributed by atoms with Gasteiger partial charge in [-0.05, 0) is 17.7 Å². The quantitative estimate of drug-likeness (QED) is 0.801. The molecule has 0 heterocycles. The minimum atomic E-state index is -0.536. The van der Waals surface area contributed by atoms with E-state index in [9.17, 15) is 9.18 Å². The molecule has 1 aromatic rings. The van der Waals surface area contributed by atoms with Gasteiger partial charge in [-0.2, -0.15) is 0 Å². The van der Waals surface area contributed by atoms with E-state index in [4.69, 9.17) is 23.1 Å². The largest absolute Gasteiger partial charge is 0.370 e. The first-order valence-electron chi connectivity index (χ1n) is 3.99. The van der Waals surface area contributed by atoms with Crippen LogP contribution in [0.1, 0.15) is 18.0 Å². The van der Waals surface area contributed by atoms with Crippen LogP contribution in [-0.2, 0) is 4.79 Å². The molecule has 0 aliphatic carbocycles. The third kappa shape index (κ3) is 2.68.